The Labute approximate surface area is 117 Å². The first kappa shape index (κ1) is 14.7. The van der Waals surface area contributed by atoms with Gasteiger partial charge in [0, 0.05) is 0 Å². The molecule has 0 heterocycles. The van der Waals surface area contributed by atoms with Gasteiger partial charge in [0.1, 0.15) is 0 Å². The molecule has 0 N–H and O–H groups in total. The van der Waals surface area contributed by atoms with Crippen molar-refractivity contribution in [2.75, 3.05) is 0 Å². The standard InChI is InChI=1S/C11H14Cl4Si/c1-9(2)11(12,16(13,14)15)8-10-6-4-3-5-7-10/h3-7,9H,8H2,1-2H3. The van der Waals surface area contributed by atoms with E-state index in [0.717, 1.165) is 5.56 Å². The highest BCUT2D eigenvalue weighted by molar-refractivity contribution is 7.67. The zero-order chi connectivity index (χ0) is 12.4. The van der Waals surface area contributed by atoms with Crippen molar-refractivity contribution in [1.82, 2.24) is 0 Å². The molecule has 0 radical (unpaired) electrons. The molecule has 0 saturated heterocycles. The predicted octanol–water partition coefficient (Wildman–Crippen LogP) is 5.06. The molecule has 1 aromatic carbocycles. The lowest BCUT2D eigenvalue weighted by Crippen LogP contribution is -2.48. The minimum absolute atomic E-state index is 0.119. The molecule has 0 amide bonds. The van der Waals surface area contributed by atoms with Gasteiger partial charge in [0.15, 0.2) is 0 Å². The Morgan fingerprint density at radius 1 is 1.12 bits per heavy atom. The third kappa shape index (κ3) is 3.30. The van der Waals surface area contributed by atoms with Gasteiger partial charge in [-0.15, -0.1) is 44.8 Å². The van der Waals surface area contributed by atoms with E-state index in [1.807, 2.05) is 44.2 Å². The van der Waals surface area contributed by atoms with Crippen molar-refractivity contribution in [2.45, 2.75) is 24.8 Å². The lowest BCUT2D eigenvalue weighted by atomic mass is 10.0. The van der Waals surface area contributed by atoms with Gasteiger partial charge in [0.2, 0.25) is 0 Å². The SMILES string of the molecule is CC(C)C(Cl)(Cc1ccccc1)[Si](Cl)(Cl)Cl. The van der Waals surface area contributed by atoms with Crippen molar-refractivity contribution in [3.63, 3.8) is 0 Å². The number of hydrogen-bond acceptors (Lipinski definition) is 0. The summed E-state index contributed by atoms with van der Waals surface area (Å²) in [5.41, 5.74) is 1.10. The van der Waals surface area contributed by atoms with Crippen LogP contribution in [0.3, 0.4) is 0 Å². The smallest absolute Gasteiger partial charge is 0.124 e. The van der Waals surface area contributed by atoms with Crippen molar-refractivity contribution in [1.29, 1.82) is 0 Å². The van der Waals surface area contributed by atoms with Crippen LogP contribution < -0.4 is 0 Å². The van der Waals surface area contributed by atoms with Crippen LogP contribution in [0.5, 0.6) is 0 Å². The highest BCUT2D eigenvalue weighted by atomic mass is 35.8. The van der Waals surface area contributed by atoms with Gasteiger partial charge in [-0.05, 0) is 17.9 Å². The molecule has 0 nitrogen and oxygen atoms in total. The van der Waals surface area contributed by atoms with Crippen LogP contribution in [0.2, 0.25) is 0 Å². The molecule has 1 unspecified atom stereocenters. The molecule has 0 aliphatic carbocycles. The first-order valence-electron chi connectivity index (χ1n) is 5.07. The third-order valence-electron chi connectivity index (χ3n) is 2.69. The maximum absolute atomic E-state index is 6.55. The monoisotopic (exact) mass is 314 g/mol. The molecule has 1 aromatic rings. The molecule has 0 bridgehead atoms. The molecular formula is C11H14Cl4Si. The second-order valence-electron chi connectivity index (χ2n) is 4.18. The molecule has 90 valence electrons. The Hall–Kier alpha value is 0.597. The molecule has 0 aliphatic heterocycles. The number of halogens is 4. The van der Waals surface area contributed by atoms with Crippen LogP contribution >= 0.6 is 44.8 Å². The van der Waals surface area contributed by atoms with E-state index in [1.165, 1.54) is 0 Å². The van der Waals surface area contributed by atoms with Crippen molar-refractivity contribution in [2.24, 2.45) is 5.92 Å². The van der Waals surface area contributed by atoms with E-state index in [9.17, 15) is 0 Å². The summed E-state index contributed by atoms with van der Waals surface area (Å²) in [5, 5.41) is 0. The Bertz CT molecular complexity index is 334. The number of alkyl halides is 1. The van der Waals surface area contributed by atoms with E-state index in [2.05, 4.69) is 0 Å². The molecule has 0 saturated carbocycles. The van der Waals surface area contributed by atoms with Crippen LogP contribution in [-0.2, 0) is 6.42 Å². The quantitative estimate of drug-likeness (QED) is 0.414. The van der Waals surface area contributed by atoms with E-state index in [4.69, 9.17) is 44.8 Å². The van der Waals surface area contributed by atoms with Gasteiger partial charge in [-0.1, -0.05) is 44.2 Å². The normalized spacial score (nSPS) is 16.2. The zero-order valence-electron chi connectivity index (χ0n) is 9.18. The lowest BCUT2D eigenvalue weighted by Gasteiger charge is -2.35. The average Bonchev–Trinajstić information content (AvgIpc) is 2.17. The van der Waals surface area contributed by atoms with Crippen LogP contribution in [0.4, 0.5) is 0 Å². The summed E-state index contributed by atoms with van der Waals surface area (Å²) >= 11 is 24.9. The van der Waals surface area contributed by atoms with Crippen molar-refractivity contribution in [3.05, 3.63) is 35.9 Å². The maximum Gasteiger partial charge on any atom is 0.361 e. The van der Waals surface area contributed by atoms with Gasteiger partial charge in [-0.2, -0.15) is 0 Å². The molecule has 1 rings (SSSR count). The van der Waals surface area contributed by atoms with Gasteiger partial charge >= 0.3 is 6.00 Å². The fourth-order valence-corrected chi connectivity index (χ4v) is 5.30. The van der Waals surface area contributed by atoms with Gasteiger partial charge in [0.05, 0.1) is 4.50 Å². The molecule has 5 heteroatoms. The number of hydrogen-bond donors (Lipinski definition) is 0. The maximum atomic E-state index is 6.55. The van der Waals surface area contributed by atoms with Crippen molar-refractivity contribution >= 4 is 50.8 Å². The van der Waals surface area contributed by atoms with E-state index in [1.54, 1.807) is 0 Å². The van der Waals surface area contributed by atoms with Gasteiger partial charge in [-0.3, -0.25) is 0 Å². The first-order chi connectivity index (χ1) is 7.27. The van der Waals surface area contributed by atoms with Crippen molar-refractivity contribution in [3.8, 4) is 0 Å². The summed E-state index contributed by atoms with van der Waals surface area (Å²) in [6.07, 6.45) is 0.593. The molecule has 0 aromatic heterocycles. The second-order valence-corrected chi connectivity index (χ2v) is 13.9. The Kier molecular flexibility index (Phi) is 5.03. The number of benzene rings is 1. The van der Waals surface area contributed by atoms with E-state index >= 15 is 0 Å². The molecule has 0 fully saturated rings. The average molecular weight is 316 g/mol. The molecular weight excluding hydrogens is 302 g/mol. The first-order valence-corrected chi connectivity index (χ1v) is 10.5. The molecule has 0 aliphatic rings. The largest absolute Gasteiger partial charge is 0.361 e. The van der Waals surface area contributed by atoms with E-state index in [-0.39, 0.29) is 5.92 Å². The summed E-state index contributed by atoms with van der Waals surface area (Å²) in [6, 6.07) is 6.92. The summed E-state index contributed by atoms with van der Waals surface area (Å²) in [4.78, 5) is 0. The fourth-order valence-electron chi connectivity index (χ4n) is 1.52. The summed E-state index contributed by atoms with van der Waals surface area (Å²) < 4.78 is -0.751. The van der Waals surface area contributed by atoms with Gasteiger partial charge in [0.25, 0.3) is 0 Å². The van der Waals surface area contributed by atoms with Crippen LogP contribution in [0.25, 0.3) is 0 Å². The Morgan fingerprint density at radius 2 is 1.62 bits per heavy atom. The highest BCUT2D eigenvalue weighted by Gasteiger charge is 2.52. The van der Waals surface area contributed by atoms with Crippen molar-refractivity contribution < 1.29 is 0 Å². The minimum Gasteiger partial charge on any atom is -0.124 e. The number of rotatable bonds is 4. The summed E-state index contributed by atoms with van der Waals surface area (Å²) in [5.74, 6) is 0.119. The fraction of sp³-hybridized carbons (Fsp3) is 0.455. The highest BCUT2D eigenvalue weighted by Crippen LogP contribution is 2.45. The van der Waals surface area contributed by atoms with Crippen LogP contribution in [0.1, 0.15) is 19.4 Å². The minimum atomic E-state index is -2.97. The molecule has 1 atom stereocenters. The second kappa shape index (κ2) is 5.49. The predicted molar refractivity (Wildman–Crippen MR) is 76.9 cm³/mol. The summed E-state index contributed by atoms with van der Waals surface area (Å²) in [6.45, 7) is 3.98. The van der Waals surface area contributed by atoms with Crippen LogP contribution in [0, 0.1) is 5.92 Å². The van der Waals surface area contributed by atoms with Gasteiger partial charge < -0.3 is 0 Å². The van der Waals surface area contributed by atoms with Crippen LogP contribution in [-0.4, -0.2) is 10.5 Å². The third-order valence-corrected chi connectivity index (χ3v) is 9.71. The topological polar surface area (TPSA) is 0 Å². The lowest BCUT2D eigenvalue weighted by molar-refractivity contribution is 0.539. The van der Waals surface area contributed by atoms with E-state index < -0.39 is 10.5 Å². The zero-order valence-corrected chi connectivity index (χ0v) is 13.2. The van der Waals surface area contributed by atoms with E-state index in [0.29, 0.717) is 6.42 Å². The Balaban J connectivity index is 2.98. The van der Waals surface area contributed by atoms with Crippen LogP contribution in [0.15, 0.2) is 30.3 Å². The van der Waals surface area contributed by atoms with Gasteiger partial charge in [-0.25, -0.2) is 0 Å². The molecule has 0 spiro atoms. The Morgan fingerprint density at radius 3 is 2.00 bits per heavy atom. The summed E-state index contributed by atoms with van der Waals surface area (Å²) in [7, 11) is 0. The molecule has 16 heavy (non-hydrogen) atoms.